The first-order valence-electron chi connectivity index (χ1n) is 11.7. The minimum atomic E-state index is 0.126. The Morgan fingerprint density at radius 3 is 2.57 bits per heavy atom. The number of aromatic nitrogens is 2. The van der Waals surface area contributed by atoms with Crippen molar-refractivity contribution in [3.05, 3.63) is 29.6 Å². The molecule has 0 spiro atoms. The van der Waals surface area contributed by atoms with Crippen LogP contribution in [0.1, 0.15) is 48.9 Å². The smallest absolute Gasteiger partial charge is 0.274 e. The molecule has 0 bridgehead atoms. The Kier molecular flexibility index (Phi) is 8.84. The first-order valence-corrected chi connectivity index (χ1v) is 12.8. The molecule has 0 saturated carbocycles. The van der Waals surface area contributed by atoms with Crippen LogP contribution in [0.3, 0.4) is 0 Å². The van der Waals surface area contributed by atoms with Gasteiger partial charge in [-0.3, -0.25) is 14.4 Å². The second-order valence-corrected chi connectivity index (χ2v) is 9.43. The lowest BCUT2D eigenvalue weighted by molar-refractivity contribution is 0.0763. The number of nitrogens with zero attached hydrogens (tertiary/aromatic N) is 5. The molecule has 1 amide bonds. The minimum Gasteiger partial charge on any atom is -0.336 e. The standard InChI is InChI=1S/C23H39N5OS/c1-5-11-28-21-10-9-19(26(8-4)13-12-25(6-2)7-3)18-20(21)22(24-28)23(29)27-14-16-30-17-15-27/h5,19H,1,6-18H2,2-4H3. The van der Waals surface area contributed by atoms with Gasteiger partial charge in [0.15, 0.2) is 5.69 Å². The van der Waals surface area contributed by atoms with E-state index in [0.717, 1.165) is 76.6 Å². The summed E-state index contributed by atoms with van der Waals surface area (Å²) in [6.45, 7) is 18.4. The van der Waals surface area contributed by atoms with E-state index in [1.165, 1.54) is 11.3 Å². The number of fused-ring (bicyclic) bond motifs is 1. The highest BCUT2D eigenvalue weighted by Crippen LogP contribution is 2.29. The molecule has 0 aromatic carbocycles. The zero-order valence-electron chi connectivity index (χ0n) is 19.1. The summed E-state index contributed by atoms with van der Waals surface area (Å²) in [5.74, 6) is 2.18. The molecule has 30 heavy (non-hydrogen) atoms. The highest BCUT2D eigenvalue weighted by Gasteiger charge is 2.33. The van der Waals surface area contributed by atoms with Gasteiger partial charge in [-0.15, -0.1) is 6.58 Å². The third-order valence-electron chi connectivity index (χ3n) is 6.64. The molecule has 7 heteroatoms. The topological polar surface area (TPSA) is 44.6 Å². The summed E-state index contributed by atoms with van der Waals surface area (Å²) in [6, 6.07) is 0.489. The van der Waals surface area contributed by atoms with Gasteiger partial charge in [0.05, 0.1) is 6.54 Å². The van der Waals surface area contributed by atoms with E-state index in [4.69, 9.17) is 5.10 Å². The number of rotatable bonds is 10. The highest BCUT2D eigenvalue weighted by molar-refractivity contribution is 7.99. The second kappa shape index (κ2) is 11.3. The summed E-state index contributed by atoms with van der Waals surface area (Å²) >= 11 is 1.93. The molecular formula is C23H39N5OS. The lowest BCUT2D eigenvalue weighted by atomic mass is 9.90. The van der Waals surface area contributed by atoms with Crippen LogP contribution in [0.15, 0.2) is 12.7 Å². The van der Waals surface area contributed by atoms with Gasteiger partial charge in [0.25, 0.3) is 5.91 Å². The number of carbonyl (C=O) groups is 1. The predicted octanol–water partition coefficient (Wildman–Crippen LogP) is 2.78. The molecular weight excluding hydrogens is 394 g/mol. The number of carbonyl (C=O) groups excluding carboxylic acids is 1. The Labute approximate surface area is 186 Å². The summed E-state index contributed by atoms with van der Waals surface area (Å²) in [7, 11) is 0. The zero-order valence-corrected chi connectivity index (χ0v) is 19.9. The van der Waals surface area contributed by atoms with Crippen LogP contribution in [0.2, 0.25) is 0 Å². The van der Waals surface area contributed by atoms with Crippen molar-refractivity contribution in [1.82, 2.24) is 24.5 Å². The number of hydrogen-bond acceptors (Lipinski definition) is 5. The van der Waals surface area contributed by atoms with Gasteiger partial charge in [-0.25, -0.2) is 0 Å². The van der Waals surface area contributed by atoms with Gasteiger partial charge in [0.2, 0.25) is 0 Å². The number of thioether (sulfide) groups is 1. The summed E-state index contributed by atoms with van der Waals surface area (Å²) in [5.41, 5.74) is 3.14. The lowest BCUT2D eigenvalue weighted by Gasteiger charge is -2.35. The summed E-state index contributed by atoms with van der Waals surface area (Å²) in [5, 5.41) is 4.80. The van der Waals surface area contributed by atoms with Crippen molar-refractivity contribution in [2.45, 2.75) is 52.6 Å². The molecule has 2 aliphatic rings. The molecule has 2 heterocycles. The molecule has 1 aliphatic carbocycles. The normalized spacial score (nSPS) is 19.4. The molecule has 1 saturated heterocycles. The maximum absolute atomic E-state index is 13.3. The van der Waals surface area contributed by atoms with E-state index in [1.807, 2.05) is 27.4 Å². The molecule has 1 aliphatic heterocycles. The Balaban J connectivity index is 1.79. The van der Waals surface area contributed by atoms with Crippen LogP contribution in [0, 0.1) is 0 Å². The van der Waals surface area contributed by atoms with E-state index in [2.05, 4.69) is 37.1 Å². The Morgan fingerprint density at radius 1 is 1.20 bits per heavy atom. The fourth-order valence-corrected chi connectivity index (χ4v) is 5.65. The molecule has 3 rings (SSSR count). The molecule has 0 radical (unpaired) electrons. The van der Waals surface area contributed by atoms with Crippen LogP contribution in [-0.2, 0) is 19.4 Å². The van der Waals surface area contributed by atoms with Crippen molar-refractivity contribution < 1.29 is 4.79 Å². The lowest BCUT2D eigenvalue weighted by Crippen LogP contribution is -2.44. The van der Waals surface area contributed by atoms with Crippen molar-refractivity contribution in [3.8, 4) is 0 Å². The second-order valence-electron chi connectivity index (χ2n) is 8.20. The number of allylic oxidation sites excluding steroid dienone is 1. The van der Waals surface area contributed by atoms with Gasteiger partial charge >= 0.3 is 0 Å². The minimum absolute atomic E-state index is 0.126. The monoisotopic (exact) mass is 433 g/mol. The van der Waals surface area contributed by atoms with Crippen molar-refractivity contribution >= 4 is 17.7 Å². The summed E-state index contributed by atoms with van der Waals surface area (Å²) < 4.78 is 2.02. The van der Waals surface area contributed by atoms with Crippen LogP contribution in [0.25, 0.3) is 0 Å². The molecule has 1 aromatic heterocycles. The van der Waals surface area contributed by atoms with E-state index >= 15 is 0 Å². The number of amides is 1. The Hall–Kier alpha value is -1.31. The van der Waals surface area contributed by atoms with Crippen molar-refractivity contribution in [2.24, 2.45) is 0 Å². The van der Waals surface area contributed by atoms with Crippen LogP contribution < -0.4 is 0 Å². The highest BCUT2D eigenvalue weighted by atomic mass is 32.2. The Bertz CT molecular complexity index is 709. The summed E-state index contributed by atoms with van der Waals surface area (Å²) in [6.07, 6.45) is 4.94. The van der Waals surface area contributed by atoms with E-state index in [0.29, 0.717) is 18.3 Å². The van der Waals surface area contributed by atoms with Crippen LogP contribution in [0.5, 0.6) is 0 Å². The van der Waals surface area contributed by atoms with Gasteiger partial charge < -0.3 is 9.80 Å². The van der Waals surface area contributed by atoms with Crippen LogP contribution >= 0.6 is 11.8 Å². The molecule has 1 atom stereocenters. The van der Waals surface area contributed by atoms with Gasteiger partial charge in [0, 0.05) is 55.0 Å². The quantitative estimate of drug-likeness (QED) is 0.531. The SMILES string of the molecule is C=CCn1nc(C(=O)N2CCSCC2)c2c1CCC(N(CC)CCN(CC)CC)C2. The Morgan fingerprint density at radius 2 is 1.93 bits per heavy atom. The average Bonchev–Trinajstić information content (AvgIpc) is 3.15. The molecule has 0 N–H and O–H groups in total. The van der Waals surface area contributed by atoms with Crippen molar-refractivity contribution in [2.75, 3.05) is 57.3 Å². The maximum Gasteiger partial charge on any atom is 0.274 e. The van der Waals surface area contributed by atoms with E-state index in [9.17, 15) is 4.79 Å². The first-order chi connectivity index (χ1) is 14.6. The van der Waals surface area contributed by atoms with Gasteiger partial charge in [-0.2, -0.15) is 16.9 Å². The third-order valence-corrected chi connectivity index (χ3v) is 7.59. The molecule has 1 aromatic rings. The average molecular weight is 434 g/mol. The molecule has 1 unspecified atom stereocenters. The third kappa shape index (κ3) is 5.29. The molecule has 1 fully saturated rings. The van der Waals surface area contributed by atoms with Crippen molar-refractivity contribution in [3.63, 3.8) is 0 Å². The van der Waals surface area contributed by atoms with E-state index < -0.39 is 0 Å². The molecule has 168 valence electrons. The van der Waals surface area contributed by atoms with Gasteiger partial charge in [-0.1, -0.05) is 26.8 Å². The number of hydrogen-bond donors (Lipinski definition) is 0. The maximum atomic E-state index is 13.3. The zero-order chi connectivity index (χ0) is 21.5. The van der Waals surface area contributed by atoms with Crippen LogP contribution in [0.4, 0.5) is 0 Å². The van der Waals surface area contributed by atoms with E-state index in [1.54, 1.807) is 0 Å². The predicted molar refractivity (Wildman–Crippen MR) is 127 cm³/mol. The van der Waals surface area contributed by atoms with Gasteiger partial charge in [0.1, 0.15) is 0 Å². The fraction of sp³-hybridized carbons (Fsp3) is 0.739. The van der Waals surface area contributed by atoms with Crippen LogP contribution in [-0.4, -0.2) is 93.7 Å². The summed E-state index contributed by atoms with van der Waals surface area (Å²) in [4.78, 5) is 20.4. The fourth-order valence-electron chi connectivity index (χ4n) is 4.75. The van der Waals surface area contributed by atoms with Gasteiger partial charge in [-0.05, 0) is 38.9 Å². The largest absolute Gasteiger partial charge is 0.336 e. The van der Waals surface area contributed by atoms with Crippen molar-refractivity contribution in [1.29, 1.82) is 0 Å². The first kappa shape index (κ1) is 23.4. The molecule has 6 nitrogen and oxygen atoms in total. The van der Waals surface area contributed by atoms with E-state index in [-0.39, 0.29) is 5.91 Å². The number of likely N-dealkylation sites (N-methyl/N-ethyl adjacent to an activating group) is 2.